The Kier molecular flexibility index (Phi) is 8.61. The van der Waals surface area contributed by atoms with Gasteiger partial charge in [-0.3, -0.25) is 4.79 Å². The second-order valence-corrected chi connectivity index (χ2v) is 7.78. The summed E-state index contributed by atoms with van der Waals surface area (Å²) < 4.78 is 44.8. The molecule has 3 aromatic rings. The van der Waals surface area contributed by atoms with E-state index >= 15 is 0 Å². The Labute approximate surface area is 194 Å². The van der Waals surface area contributed by atoms with Crippen molar-refractivity contribution in [2.24, 2.45) is 0 Å². The van der Waals surface area contributed by atoms with Gasteiger partial charge in [0.1, 0.15) is 11.6 Å². The molecule has 0 spiro atoms. The molecule has 0 unspecified atom stereocenters. The monoisotopic (exact) mass is 478 g/mol. The van der Waals surface area contributed by atoms with Crippen molar-refractivity contribution >= 4 is 23.4 Å². The summed E-state index contributed by atoms with van der Waals surface area (Å²) in [5.74, 6) is -0.195. The van der Waals surface area contributed by atoms with Gasteiger partial charge >= 0.3 is 0 Å². The van der Waals surface area contributed by atoms with Crippen molar-refractivity contribution in [3.05, 3.63) is 48.0 Å². The van der Waals surface area contributed by atoms with Crippen LogP contribution in [-0.2, 0) is 16.1 Å². The predicted molar refractivity (Wildman–Crippen MR) is 121 cm³/mol. The van der Waals surface area contributed by atoms with Crippen molar-refractivity contribution in [1.82, 2.24) is 14.8 Å². The maximum Gasteiger partial charge on any atom is 0.234 e. The lowest BCUT2D eigenvalue weighted by Crippen LogP contribution is -2.16. The maximum absolute atomic E-state index is 13.8. The van der Waals surface area contributed by atoms with E-state index < -0.39 is 17.5 Å². The predicted octanol–water partition coefficient (Wildman–Crippen LogP) is 4.01. The van der Waals surface area contributed by atoms with Crippen LogP contribution in [0.25, 0.3) is 11.4 Å². The minimum Gasteiger partial charge on any atom is -0.493 e. The van der Waals surface area contributed by atoms with E-state index in [1.54, 1.807) is 33.5 Å². The highest BCUT2D eigenvalue weighted by Crippen LogP contribution is 2.33. The van der Waals surface area contributed by atoms with Crippen LogP contribution in [0.15, 0.2) is 41.6 Å². The minimum absolute atomic E-state index is 0.0652. The van der Waals surface area contributed by atoms with Crippen molar-refractivity contribution in [3.8, 4) is 22.9 Å². The highest BCUT2D eigenvalue weighted by Gasteiger charge is 2.18. The summed E-state index contributed by atoms with van der Waals surface area (Å²) >= 11 is 1.14. The van der Waals surface area contributed by atoms with Crippen LogP contribution in [0.4, 0.5) is 14.5 Å². The number of carbonyl (C=O) groups excluding carboxylic acids is 1. The Morgan fingerprint density at radius 3 is 2.58 bits per heavy atom. The van der Waals surface area contributed by atoms with Crippen molar-refractivity contribution in [3.63, 3.8) is 0 Å². The van der Waals surface area contributed by atoms with Crippen LogP contribution < -0.4 is 14.8 Å². The van der Waals surface area contributed by atoms with Crippen LogP contribution in [0.1, 0.15) is 6.42 Å². The van der Waals surface area contributed by atoms with Gasteiger partial charge in [-0.25, -0.2) is 8.78 Å². The van der Waals surface area contributed by atoms with Gasteiger partial charge in [0.2, 0.25) is 5.91 Å². The average molecular weight is 479 g/mol. The van der Waals surface area contributed by atoms with Crippen LogP contribution in [0.5, 0.6) is 11.5 Å². The number of rotatable bonds is 11. The zero-order chi connectivity index (χ0) is 23.8. The van der Waals surface area contributed by atoms with E-state index in [1.165, 1.54) is 0 Å². The first-order valence-electron chi connectivity index (χ1n) is 9.99. The van der Waals surface area contributed by atoms with E-state index in [0.29, 0.717) is 42.1 Å². The van der Waals surface area contributed by atoms with Gasteiger partial charge in [0, 0.05) is 31.9 Å². The van der Waals surface area contributed by atoms with E-state index in [2.05, 4.69) is 15.5 Å². The Morgan fingerprint density at radius 2 is 1.85 bits per heavy atom. The number of nitrogens with one attached hydrogen (secondary N) is 1. The summed E-state index contributed by atoms with van der Waals surface area (Å²) in [5.41, 5.74) is 0.545. The summed E-state index contributed by atoms with van der Waals surface area (Å²) in [5, 5.41) is 11.4. The number of thioether (sulfide) groups is 1. The molecule has 0 radical (unpaired) electrons. The quantitative estimate of drug-likeness (QED) is 0.329. The zero-order valence-corrected chi connectivity index (χ0v) is 19.2. The molecule has 0 saturated carbocycles. The number of halogens is 2. The molecule has 176 valence electrons. The van der Waals surface area contributed by atoms with Crippen molar-refractivity contribution in [1.29, 1.82) is 0 Å². The average Bonchev–Trinajstić information content (AvgIpc) is 3.22. The van der Waals surface area contributed by atoms with Crippen molar-refractivity contribution in [2.45, 2.75) is 18.1 Å². The lowest BCUT2D eigenvalue weighted by atomic mass is 10.2. The topological polar surface area (TPSA) is 87.5 Å². The largest absolute Gasteiger partial charge is 0.493 e. The number of anilines is 1. The Balaban J connectivity index is 1.79. The molecule has 3 rings (SSSR count). The third-order valence-electron chi connectivity index (χ3n) is 4.62. The Bertz CT molecular complexity index is 1110. The molecule has 1 N–H and O–H groups in total. The van der Waals surface area contributed by atoms with Gasteiger partial charge in [0.15, 0.2) is 22.5 Å². The first kappa shape index (κ1) is 24.5. The van der Waals surface area contributed by atoms with Gasteiger partial charge in [-0.15, -0.1) is 10.2 Å². The number of carbonyl (C=O) groups is 1. The van der Waals surface area contributed by atoms with E-state index in [-0.39, 0.29) is 11.4 Å². The lowest BCUT2D eigenvalue weighted by molar-refractivity contribution is -0.113. The molecule has 1 heterocycles. The van der Waals surface area contributed by atoms with Gasteiger partial charge in [0.05, 0.1) is 25.7 Å². The summed E-state index contributed by atoms with van der Waals surface area (Å²) in [4.78, 5) is 12.3. The first-order chi connectivity index (χ1) is 16.0. The van der Waals surface area contributed by atoms with Crippen molar-refractivity contribution in [2.75, 3.05) is 39.0 Å². The number of amides is 1. The van der Waals surface area contributed by atoms with Crippen LogP contribution in [-0.4, -0.2) is 54.4 Å². The van der Waals surface area contributed by atoms with Crippen molar-refractivity contribution < 1.29 is 27.8 Å². The van der Waals surface area contributed by atoms with Gasteiger partial charge in [-0.1, -0.05) is 11.8 Å². The zero-order valence-electron chi connectivity index (χ0n) is 18.4. The molecule has 2 aromatic carbocycles. The fourth-order valence-corrected chi connectivity index (χ4v) is 3.83. The summed E-state index contributed by atoms with van der Waals surface area (Å²) in [6.45, 7) is 1.08. The molecule has 1 aromatic heterocycles. The number of ether oxygens (including phenoxy) is 3. The second-order valence-electron chi connectivity index (χ2n) is 6.83. The molecule has 8 nitrogen and oxygen atoms in total. The molecule has 11 heteroatoms. The van der Waals surface area contributed by atoms with Gasteiger partial charge in [0.25, 0.3) is 0 Å². The molecule has 0 aliphatic carbocycles. The number of hydrogen-bond donors (Lipinski definition) is 1. The standard InChI is InChI=1S/C22H24F2N4O4S/c1-30-10-4-9-28-21(14-5-8-18(31-2)19(11-14)32-3)26-27-22(28)33-13-20(29)25-17-12-15(23)6-7-16(17)24/h5-8,11-12H,4,9-10,13H2,1-3H3,(H,25,29). The van der Waals surface area contributed by atoms with Crippen LogP contribution in [0, 0.1) is 11.6 Å². The molecule has 0 aliphatic rings. The highest BCUT2D eigenvalue weighted by atomic mass is 32.2. The summed E-state index contributed by atoms with van der Waals surface area (Å²) in [7, 11) is 4.72. The van der Waals surface area contributed by atoms with Crippen LogP contribution >= 0.6 is 11.8 Å². The Morgan fingerprint density at radius 1 is 1.06 bits per heavy atom. The Hall–Kier alpha value is -3.18. The fraction of sp³-hybridized carbons (Fsp3) is 0.318. The molecule has 33 heavy (non-hydrogen) atoms. The molecule has 0 bridgehead atoms. The molecule has 0 atom stereocenters. The SMILES string of the molecule is COCCCn1c(SCC(=O)Nc2cc(F)ccc2F)nnc1-c1ccc(OC)c(OC)c1. The van der Waals surface area contributed by atoms with Crippen LogP contribution in [0.3, 0.4) is 0 Å². The summed E-state index contributed by atoms with van der Waals surface area (Å²) in [6, 6.07) is 8.28. The molecular weight excluding hydrogens is 454 g/mol. The molecule has 0 fully saturated rings. The third-order valence-corrected chi connectivity index (χ3v) is 5.59. The molecule has 1 amide bonds. The first-order valence-corrected chi connectivity index (χ1v) is 11.0. The van der Waals surface area contributed by atoms with E-state index in [9.17, 15) is 13.6 Å². The van der Waals surface area contributed by atoms with Crippen LogP contribution in [0.2, 0.25) is 0 Å². The van der Waals surface area contributed by atoms with Gasteiger partial charge < -0.3 is 24.1 Å². The third kappa shape index (κ3) is 6.20. The lowest BCUT2D eigenvalue weighted by Gasteiger charge is -2.12. The van der Waals surface area contributed by atoms with E-state index in [1.807, 2.05) is 10.6 Å². The number of methoxy groups -OCH3 is 3. The number of benzene rings is 2. The normalized spacial score (nSPS) is 10.8. The maximum atomic E-state index is 13.8. The number of nitrogens with zero attached hydrogens (tertiary/aromatic N) is 3. The minimum atomic E-state index is -0.715. The van der Waals surface area contributed by atoms with Gasteiger partial charge in [-0.2, -0.15) is 0 Å². The van der Waals surface area contributed by atoms with E-state index in [0.717, 1.165) is 35.5 Å². The van der Waals surface area contributed by atoms with Gasteiger partial charge in [-0.05, 0) is 36.8 Å². The molecule has 0 saturated heterocycles. The summed E-state index contributed by atoms with van der Waals surface area (Å²) in [6.07, 6.45) is 0.698. The highest BCUT2D eigenvalue weighted by molar-refractivity contribution is 7.99. The smallest absolute Gasteiger partial charge is 0.234 e. The van der Waals surface area contributed by atoms with E-state index in [4.69, 9.17) is 14.2 Å². The molecular formula is C22H24F2N4O4S. The second kappa shape index (κ2) is 11.6. The number of hydrogen-bond acceptors (Lipinski definition) is 7. The fourth-order valence-electron chi connectivity index (χ4n) is 3.06. The number of aromatic nitrogens is 3. The molecule has 0 aliphatic heterocycles.